The molecule has 0 saturated heterocycles. The number of amides is 2. The van der Waals surface area contributed by atoms with E-state index in [-0.39, 0.29) is 38.4 Å². The van der Waals surface area contributed by atoms with Gasteiger partial charge in [-0.3, -0.25) is 14.6 Å². The third-order valence-electron chi connectivity index (χ3n) is 6.87. The van der Waals surface area contributed by atoms with Crippen LogP contribution < -0.4 is 15.4 Å². The Morgan fingerprint density at radius 3 is 2.39 bits per heavy atom. The maximum absolute atomic E-state index is 13.6. The summed E-state index contributed by atoms with van der Waals surface area (Å²) in [5, 5.41) is 15.6. The number of hydrogen-bond acceptors (Lipinski definition) is 6. The average Bonchev–Trinajstić information content (AvgIpc) is 3.41. The number of carbonyl (C=O) groups is 2. The van der Waals surface area contributed by atoms with Crippen LogP contribution in [0.25, 0.3) is 33.4 Å². The molecular formula is C35H36FN3O5. The molecule has 5 aromatic rings. The van der Waals surface area contributed by atoms with Crippen LogP contribution in [0.15, 0.2) is 83.3 Å². The van der Waals surface area contributed by atoms with Crippen molar-refractivity contribution in [2.45, 2.75) is 34.5 Å². The summed E-state index contributed by atoms with van der Waals surface area (Å²) in [5.41, 5.74) is 4.27. The van der Waals surface area contributed by atoms with Crippen LogP contribution in [-0.4, -0.2) is 35.5 Å². The predicted molar refractivity (Wildman–Crippen MR) is 169 cm³/mol. The number of carbonyl (C=O) groups excluding carboxylic acids is 2. The highest BCUT2D eigenvalue weighted by Crippen LogP contribution is 2.38. The van der Waals surface area contributed by atoms with Crippen molar-refractivity contribution in [2.24, 2.45) is 5.92 Å². The van der Waals surface area contributed by atoms with Gasteiger partial charge in [-0.15, -0.1) is 0 Å². The Morgan fingerprint density at radius 1 is 0.955 bits per heavy atom. The van der Waals surface area contributed by atoms with Crippen molar-refractivity contribution in [1.82, 2.24) is 15.6 Å². The van der Waals surface area contributed by atoms with Crippen LogP contribution in [0.4, 0.5) is 4.39 Å². The number of nitrogens with one attached hydrogen (secondary N) is 2. The fourth-order valence-corrected chi connectivity index (χ4v) is 4.69. The zero-order valence-electron chi connectivity index (χ0n) is 24.1. The van der Waals surface area contributed by atoms with E-state index >= 15 is 0 Å². The fourth-order valence-electron chi connectivity index (χ4n) is 4.69. The van der Waals surface area contributed by atoms with Gasteiger partial charge in [-0.1, -0.05) is 33.4 Å². The SMILES string of the molecule is C.CNC(=O)c1c(-c2ccc(F)cc2)oc2ccc(-c3cc(C(=O)NCC(C)C)ccc3OCc3cccc(CO)n3)cc12. The van der Waals surface area contributed by atoms with Crippen LogP contribution >= 0.6 is 0 Å². The van der Waals surface area contributed by atoms with Gasteiger partial charge in [0.05, 0.1) is 23.6 Å². The van der Waals surface area contributed by atoms with Crippen LogP contribution in [0.5, 0.6) is 5.75 Å². The van der Waals surface area contributed by atoms with Crippen LogP contribution in [0, 0.1) is 11.7 Å². The molecule has 228 valence electrons. The largest absolute Gasteiger partial charge is 0.487 e. The second kappa shape index (κ2) is 14.0. The summed E-state index contributed by atoms with van der Waals surface area (Å²) >= 11 is 0. The second-order valence-corrected chi connectivity index (χ2v) is 10.5. The minimum atomic E-state index is -0.397. The van der Waals surface area contributed by atoms with Gasteiger partial charge in [0.1, 0.15) is 29.5 Å². The predicted octanol–water partition coefficient (Wildman–Crippen LogP) is 6.75. The lowest BCUT2D eigenvalue weighted by molar-refractivity contribution is 0.0945. The number of rotatable bonds is 10. The molecule has 0 aliphatic carbocycles. The molecule has 0 fully saturated rings. The number of halogens is 1. The van der Waals surface area contributed by atoms with Crippen LogP contribution in [0.2, 0.25) is 0 Å². The van der Waals surface area contributed by atoms with E-state index in [1.54, 1.807) is 54.6 Å². The van der Waals surface area contributed by atoms with Gasteiger partial charge < -0.3 is 24.9 Å². The Labute approximate surface area is 255 Å². The van der Waals surface area contributed by atoms with Crippen molar-refractivity contribution < 1.29 is 28.2 Å². The molecule has 9 heteroatoms. The van der Waals surface area contributed by atoms with Crippen molar-refractivity contribution in [1.29, 1.82) is 0 Å². The molecule has 44 heavy (non-hydrogen) atoms. The van der Waals surface area contributed by atoms with E-state index in [4.69, 9.17) is 9.15 Å². The summed E-state index contributed by atoms with van der Waals surface area (Å²) in [4.78, 5) is 30.5. The monoisotopic (exact) mass is 597 g/mol. The first-order chi connectivity index (χ1) is 20.8. The molecule has 0 aliphatic heterocycles. The first-order valence-electron chi connectivity index (χ1n) is 13.9. The number of aromatic nitrogens is 1. The normalized spacial score (nSPS) is 10.9. The lowest BCUT2D eigenvalue weighted by Gasteiger charge is -2.15. The van der Waals surface area contributed by atoms with Gasteiger partial charge in [0.15, 0.2) is 0 Å². The summed E-state index contributed by atoms with van der Waals surface area (Å²) in [6.07, 6.45) is 0. The number of aliphatic hydroxyl groups excluding tert-OH is 1. The molecule has 5 rings (SSSR count). The highest BCUT2D eigenvalue weighted by atomic mass is 19.1. The Morgan fingerprint density at radius 2 is 1.68 bits per heavy atom. The highest BCUT2D eigenvalue weighted by molar-refractivity contribution is 6.12. The molecule has 2 aromatic heterocycles. The van der Waals surface area contributed by atoms with Crippen molar-refractivity contribution in [2.75, 3.05) is 13.6 Å². The summed E-state index contributed by atoms with van der Waals surface area (Å²) in [6.45, 7) is 4.52. The number of fused-ring (bicyclic) bond motifs is 1. The zero-order chi connectivity index (χ0) is 30.5. The zero-order valence-corrected chi connectivity index (χ0v) is 24.1. The number of pyridine rings is 1. The Kier molecular flexibility index (Phi) is 10.1. The molecule has 0 spiro atoms. The molecule has 0 atom stereocenters. The summed E-state index contributed by atoms with van der Waals surface area (Å²) in [7, 11) is 1.53. The third kappa shape index (κ3) is 6.95. The third-order valence-corrected chi connectivity index (χ3v) is 6.87. The summed E-state index contributed by atoms with van der Waals surface area (Å²) < 4.78 is 25.9. The smallest absolute Gasteiger partial charge is 0.255 e. The number of nitrogens with zero attached hydrogens (tertiary/aromatic N) is 1. The van der Waals surface area contributed by atoms with E-state index in [0.29, 0.717) is 68.2 Å². The molecule has 0 aliphatic rings. The number of furan rings is 1. The van der Waals surface area contributed by atoms with E-state index in [2.05, 4.69) is 15.6 Å². The first-order valence-corrected chi connectivity index (χ1v) is 13.9. The number of hydrogen-bond donors (Lipinski definition) is 3. The number of benzene rings is 3. The summed E-state index contributed by atoms with van der Waals surface area (Å²) in [5.74, 6) is 0.137. The standard InChI is InChI=1S/C34H32FN3O5.CH4/c1-20(2)17-37-33(40)23-10-13-29(42-19-26-6-4-5-25(18-39)38-26)27(16-23)22-9-14-30-28(15-22)31(34(41)36-3)32(43-30)21-7-11-24(35)12-8-21;/h4-16,20,39H,17-19H2,1-3H3,(H,36,41)(H,37,40);1H4. The summed E-state index contributed by atoms with van der Waals surface area (Å²) in [6, 6.07) is 21.7. The quantitative estimate of drug-likeness (QED) is 0.164. The Balaban J connectivity index is 0.00000442. The van der Waals surface area contributed by atoms with E-state index in [9.17, 15) is 19.1 Å². The molecule has 0 radical (unpaired) electrons. The number of aliphatic hydroxyl groups is 1. The van der Waals surface area contributed by atoms with Gasteiger partial charge in [0.2, 0.25) is 0 Å². The van der Waals surface area contributed by atoms with Gasteiger partial charge in [-0.25, -0.2) is 4.39 Å². The van der Waals surface area contributed by atoms with Crippen molar-refractivity contribution >= 4 is 22.8 Å². The maximum Gasteiger partial charge on any atom is 0.255 e. The molecule has 0 saturated carbocycles. The van der Waals surface area contributed by atoms with Gasteiger partial charge in [-0.05, 0) is 78.2 Å². The molecule has 0 unspecified atom stereocenters. The van der Waals surface area contributed by atoms with Crippen LogP contribution in [-0.2, 0) is 13.2 Å². The van der Waals surface area contributed by atoms with E-state index in [1.807, 2.05) is 26.0 Å². The van der Waals surface area contributed by atoms with E-state index < -0.39 is 5.82 Å². The Bertz CT molecular complexity index is 1780. The second-order valence-electron chi connectivity index (χ2n) is 10.5. The average molecular weight is 598 g/mol. The van der Waals surface area contributed by atoms with Crippen molar-refractivity contribution in [3.05, 3.63) is 107 Å². The van der Waals surface area contributed by atoms with E-state index in [1.165, 1.54) is 19.2 Å². The molecule has 0 bridgehead atoms. The van der Waals surface area contributed by atoms with Gasteiger partial charge >= 0.3 is 0 Å². The number of ether oxygens (including phenoxy) is 1. The van der Waals surface area contributed by atoms with Crippen molar-refractivity contribution in [3.63, 3.8) is 0 Å². The first kappa shape index (κ1) is 31.9. The fraction of sp³-hybridized carbons (Fsp3) is 0.229. The topological polar surface area (TPSA) is 114 Å². The lowest BCUT2D eigenvalue weighted by atomic mass is 9.98. The molecular weight excluding hydrogens is 561 g/mol. The van der Waals surface area contributed by atoms with Crippen molar-refractivity contribution in [3.8, 4) is 28.2 Å². The molecule has 3 aromatic carbocycles. The van der Waals surface area contributed by atoms with Crippen LogP contribution in [0.1, 0.15) is 53.4 Å². The van der Waals surface area contributed by atoms with Gasteiger partial charge in [-0.2, -0.15) is 0 Å². The minimum absolute atomic E-state index is 0. The molecule has 8 nitrogen and oxygen atoms in total. The van der Waals surface area contributed by atoms with Gasteiger partial charge in [0.25, 0.3) is 11.8 Å². The molecule has 3 N–H and O–H groups in total. The minimum Gasteiger partial charge on any atom is -0.487 e. The Hall–Kier alpha value is -5.02. The lowest BCUT2D eigenvalue weighted by Crippen LogP contribution is -2.27. The maximum atomic E-state index is 13.6. The van der Waals surface area contributed by atoms with Gasteiger partial charge in [0, 0.05) is 35.7 Å². The van der Waals surface area contributed by atoms with E-state index in [0.717, 1.165) is 0 Å². The molecule has 2 heterocycles. The molecule has 2 amide bonds. The van der Waals surface area contributed by atoms with Crippen LogP contribution in [0.3, 0.4) is 0 Å². The highest BCUT2D eigenvalue weighted by Gasteiger charge is 2.23.